The van der Waals surface area contributed by atoms with Gasteiger partial charge in [-0.3, -0.25) is 9.89 Å². The van der Waals surface area contributed by atoms with E-state index in [0.29, 0.717) is 6.61 Å². The van der Waals surface area contributed by atoms with Crippen molar-refractivity contribution in [2.45, 2.75) is 33.9 Å². The number of nitrogens with zero attached hydrogens (tertiary/aromatic N) is 4. The van der Waals surface area contributed by atoms with Crippen LogP contribution >= 0.6 is 24.0 Å². The second kappa shape index (κ2) is 11.4. The van der Waals surface area contributed by atoms with Crippen LogP contribution in [0.4, 0.5) is 0 Å². The zero-order valence-electron chi connectivity index (χ0n) is 17.8. The van der Waals surface area contributed by atoms with Crippen molar-refractivity contribution in [2.24, 2.45) is 4.99 Å². The molecule has 160 valence electrons. The first kappa shape index (κ1) is 23.5. The lowest BCUT2D eigenvalue weighted by atomic mass is 10.1. The number of halogens is 1. The summed E-state index contributed by atoms with van der Waals surface area (Å²) in [6.45, 7) is 12.1. The summed E-state index contributed by atoms with van der Waals surface area (Å²) < 4.78 is 10.8. The topological polar surface area (TPSA) is 66.1 Å². The number of hydrogen-bond donors (Lipinski definition) is 1. The first-order valence-electron chi connectivity index (χ1n) is 9.91. The number of piperazine rings is 1. The summed E-state index contributed by atoms with van der Waals surface area (Å²) in [5.41, 5.74) is 3.38. The van der Waals surface area contributed by atoms with Gasteiger partial charge in [0.15, 0.2) is 5.96 Å². The molecule has 0 saturated carbocycles. The van der Waals surface area contributed by atoms with Crippen LogP contribution in [0.15, 0.2) is 33.8 Å². The molecule has 1 fully saturated rings. The summed E-state index contributed by atoms with van der Waals surface area (Å²) in [5, 5.41) is 7.58. The van der Waals surface area contributed by atoms with Crippen molar-refractivity contribution in [3.8, 4) is 5.75 Å². The lowest BCUT2D eigenvalue weighted by Gasteiger charge is -2.36. The first-order valence-corrected chi connectivity index (χ1v) is 9.91. The van der Waals surface area contributed by atoms with Gasteiger partial charge in [0.1, 0.15) is 11.5 Å². The van der Waals surface area contributed by atoms with Crippen molar-refractivity contribution in [1.82, 2.24) is 20.3 Å². The Kier molecular flexibility index (Phi) is 9.22. The van der Waals surface area contributed by atoms with Crippen LogP contribution in [0.3, 0.4) is 0 Å². The van der Waals surface area contributed by atoms with Crippen LogP contribution < -0.4 is 10.1 Å². The van der Waals surface area contributed by atoms with Crippen molar-refractivity contribution in [3.63, 3.8) is 0 Å². The number of aliphatic imine (C=N–C) groups is 1. The Hall–Kier alpha value is -1.81. The molecular formula is C21H32IN5O2. The SMILES string of the molecule is CCOc1ccc(CNC(=NC)N2CCN(Cc3cc(C)on3)CC2)cc1C.I. The fourth-order valence-corrected chi connectivity index (χ4v) is 3.49. The molecule has 8 heteroatoms. The molecule has 2 heterocycles. The number of guanidine groups is 1. The largest absolute Gasteiger partial charge is 0.494 e. The molecule has 0 unspecified atom stereocenters. The molecule has 0 bridgehead atoms. The molecule has 1 N–H and O–H groups in total. The molecule has 2 aromatic rings. The Bertz CT molecular complexity index is 800. The number of ether oxygens (including phenoxy) is 1. The summed E-state index contributed by atoms with van der Waals surface area (Å²) in [4.78, 5) is 9.18. The van der Waals surface area contributed by atoms with Crippen molar-refractivity contribution >= 4 is 29.9 Å². The minimum absolute atomic E-state index is 0. The first-order chi connectivity index (χ1) is 13.6. The minimum Gasteiger partial charge on any atom is -0.494 e. The van der Waals surface area contributed by atoms with Crippen LogP contribution in [0.5, 0.6) is 5.75 Å². The second-order valence-electron chi connectivity index (χ2n) is 7.13. The van der Waals surface area contributed by atoms with Crippen molar-refractivity contribution < 1.29 is 9.26 Å². The average molecular weight is 513 g/mol. The van der Waals surface area contributed by atoms with Gasteiger partial charge >= 0.3 is 0 Å². The number of nitrogens with one attached hydrogen (secondary N) is 1. The van der Waals surface area contributed by atoms with E-state index >= 15 is 0 Å². The number of hydrogen-bond acceptors (Lipinski definition) is 5. The molecule has 0 radical (unpaired) electrons. The van der Waals surface area contributed by atoms with Gasteiger partial charge in [-0.05, 0) is 38.0 Å². The van der Waals surface area contributed by atoms with Crippen LogP contribution in [0.1, 0.15) is 29.5 Å². The summed E-state index contributed by atoms with van der Waals surface area (Å²) in [6, 6.07) is 8.33. The van der Waals surface area contributed by atoms with Gasteiger partial charge in [0.25, 0.3) is 0 Å². The highest BCUT2D eigenvalue weighted by atomic mass is 127. The number of rotatable bonds is 6. The number of benzene rings is 1. The van der Waals surface area contributed by atoms with E-state index < -0.39 is 0 Å². The molecule has 1 aromatic carbocycles. The van der Waals surface area contributed by atoms with Gasteiger partial charge in [-0.15, -0.1) is 24.0 Å². The highest BCUT2D eigenvalue weighted by molar-refractivity contribution is 14.0. The second-order valence-corrected chi connectivity index (χ2v) is 7.13. The molecule has 0 atom stereocenters. The predicted octanol–water partition coefficient (Wildman–Crippen LogP) is 3.20. The summed E-state index contributed by atoms with van der Waals surface area (Å²) >= 11 is 0. The molecule has 0 spiro atoms. The third-order valence-electron chi connectivity index (χ3n) is 4.94. The fourth-order valence-electron chi connectivity index (χ4n) is 3.49. The Morgan fingerprint density at radius 3 is 2.55 bits per heavy atom. The molecule has 1 aromatic heterocycles. The van der Waals surface area contributed by atoms with Crippen LogP contribution in [0, 0.1) is 13.8 Å². The Morgan fingerprint density at radius 2 is 1.97 bits per heavy atom. The number of aromatic nitrogens is 1. The van der Waals surface area contributed by atoms with E-state index in [9.17, 15) is 0 Å². The molecule has 1 aliphatic heterocycles. The lowest BCUT2D eigenvalue weighted by molar-refractivity contribution is 0.169. The standard InChI is InChI=1S/C21H31N5O2.HI/c1-5-27-20-7-6-18(12-16(20)2)14-23-21(22-4)26-10-8-25(9-11-26)15-19-13-17(3)28-24-19;/h6-7,12-13H,5,8-11,14-15H2,1-4H3,(H,22,23);1H. The van der Waals surface area contributed by atoms with Crippen LogP contribution in [-0.2, 0) is 13.1 Å². The minimum atomic E-state index is 0. The lowest BCUT2D eigenvalue weighted by Crippen LogP contribution is -2.52. The van der Waals surface area contributed by atoms with Crippen LogP contribution in [0.2, 0.25) is 0 Å². The number of aryl methyl sites for hydroxylation is 2. The van der Waals surface area contributed by atoms with E-state index in [0.717, 1.165) is 68.0 Å². The molecule has 0 aliphatic carbocycles. The quantitative estimate of drug-likeness (QED) is 0.364. The Labute approximate surface area is 190 Å². The summed E-state index contributed by atoms with van der Waals surface area (Å²) in [6.07, 6.45) is 0. The maximum atomic E-state index is 5.62. The van der Waals surface area contributed by atoms with Gasteiger partial charge in [0.2, 0.25) is 0 Å². The zero-order chi connectivity index (χ0) is 19.9. The fraction of sp³-hybridized carbons (Fsp3) is 0.524. The van der Waals surface area contributed by atoms with Gasteiger partial charge in [0, 0.05) is 52.4 Å². The molecular weight excluding hydrogens is 481 g/mol. The van der Waals surface area contributed by atoms with E-state index in [1.165, 1.54) is 5.56 Å². The zero-order valence-corrected chi connectivity index (χ0v) is 20.1. The molecule has 1 saturated heterocycles. The van der Waals surface area contributed by atoms with E-state index in [2.05, 4.69) is 44.3 Å². The van der Waals surface area contributed by atoms with Crippen LogP contribution in [-0.4, -0.2) is 60.7 Å². The van der Waals surface area contributed by atoms with Crippen molar-refractivity contribution in [1.29, 1.82) is 0 Å². The summed E-state index contributed by atoms with van der Waals surface area (Å²) in [7, 11) is 1.84. The van der Waals surface area contributed by atoms with E-state index in [1.807, 2.05) is 33.0 Å². The van der Waals surface area contributed by atoms with Crippen LogP contribution in [0.25, 0.3) is 0 Å². The maximum absolute atomic E-state index is 5.62. The van der Waals surface area contributed by atoms with Gasteiger partial charge in [-0.2, -0.15) is 0 Å². The van der Waals surface area contributed by atoms with Gasteiger partial charge in [-0.25, -0.2) is 0 Å². The molecule has 0 amide bonds. The smallest absolute Gasteiger partial charge is 0.194 e. The Balaban J connectivity index is 0.00000300. The normalized spacial score (nSPS) is 15.2. The van der Waals surface area contributed by atoms with E-state index in [1.54, 1.807) is 0 Å². The van der Waals surface area contributed by atoms with Gasteiger partial charge < -0.3 is 19.5 Å². The van der Waals surface area contributed by atoms with E-state index in [-0.39, 0.29) is 24.0 Å². The highest BCUT2D eigenvalue weighted by Gasteiger charge is 2.20. The predicted molar refractivity (Wildman–Crippen MR) is 126 cm³/mol. The maximum Gasteiger partial charge on any atom is 0.194 e. The molecule has 3 rings (SSSR count). The highest BCUT2D eigenvalue weighted by Crippen LogP contribution is 2.19. The summed E-state index contributed by atoms with van der Waals surface area (Å²) in [5.74, 6) is 2.76. The third-order valence-corrected chi connectivity index (χ3v) is 4.94. The van der Waals surface area contributed by atoms with Gasteiger partial charge in [-0.1, -0.05) is 17.3 Å². The molecule has 1 aliphatic rings. The third kappa shape index (κ3) is 6.60. The van der Waals surface area contributed by atoms with E-state index in [4.69, 9.17) is 9.26 Å². The van der Waals surface area contributed by atoms with Gasteiger partial charge in [0.05, 0.1) is 12.3 Å². The monoisotopic (exact) mass is 513 g/mol. The average Bonchev–Trinajstić information content (AvgIpc) is 3.10. The van der Waals surface area contributed by atoms with Crippen molar-refractivity contribution in [2.75, 3.05) is 39.8 Å². The Morgan fingerprint density at radius 1 is 1.21 bits per heavy atom. The molecule has 7 nitrogen and oxygen atoms in total. The van der Waals surface area contributed by atoms with Crippen molar-refractivity contribution in [3.05, 3.63) is 46.8 Å². The molecule has 29 heavy (non-hydrogen) atoms.